The Kier molecular flexibility index (Phi) is 8.04. The molecule has 0 radical (unpaired) electrons. The van der Waals surface area contributed by atoms with Crippen molar-refractivity contribution < 1.29 is 19.1 Å². The smallest absolute Gasteiger partial charge is 0.249 e. The summed E-state index contributed by atoms with van der Waals surface area (Å²) >= 11 is 0. The number of nitrogens with zero attached hydrogens (tertiary/aromatic N) is 1. The van der Waals surface area contributed by atoms with Crippen LogP contribution in [0.1, 0.15) is 52.4 Å². The topological polar surface area (TPSA) is 120 Å². The standard InChI is InChI=1S/C19H30N4O4/c1-12(2)9-15(23-19(26)16-6-4-8-27-16)18(25)22-14(11-20)10-13-5-3-7-21-17(13)24/h12-16H,3-10H2,1-2H3,(H,21,24)(H,22,25)(H,23,26)/t13-,14-,15-,16+/m0/s1. The second kappa shape index (κ2) is 10.3. The van der Waals surface area contributed by atoms with E-state index in [1.54, 1.807) is 0 Å². The van der Waals surface area contributed by atoms with Crippen LogP contribution >= 0.6 is 0 Å². The minimum Gasteiger partial charge on any atom is -0.368 e. The van der Waals surface area contributed by atoms with E-state index in [9.17, 15) is 19.6 Å². The highest BCUT2D eigenvalue weighted by molar-refractivity contribution is 5.89. The molecule has 0 aromatic heterocycles. The van der Waals surface area contributed by atoms with Crippen LogP contribution in [0.5, 0.6) is 0 Å². The molecule has 0 saturated carbocycles. The average molecular weight is 378 g/mol. The van der Waals surface area contributed by atoms with Crippen molar-refractivity contribution in [2.75, 3.05) is 13.2 Å². The number of piperidine rings is 1. The Morgan fingerprint density at radius 3 is 2.67 bits per heavy atom. The first-order chi connectivity index (χ1) is 12.9. The minimum atomic E-state index is -0.763. The Labute approximate surface area is 160 Å². The van der Waals surface area contributed by atoms with Gasteiger partial charge in [0.05, 0.1) is 6.07 Å². The molecule has 2 heterocycles. The number of ether oxygens (including phenoxy) is 1. The Morgan fingerprint density at radius 2 is 2.07 bits per heavy atom. The second-order valence-electron chi connectivity index (χ2n) is 7.75. The van der Waals surface area contributed by atoms with Gasteiger partial charge in [-0.2, -0.15) is 5.26 Å². The molecule has 27 heavy (non-hydrogen) atoms. The van der Waals surface area contributed by atoms with Crippen LogP contribution in [0.2, 0.25) is 0 Å². The van der Waals surface area contributed by atoms with Crippen LogP contribution in [-0.2, 0) is 19.1 Å². The van der Waals surface area contributed by atoms with Gasteiger partial charge in [0, 0.05) is 19.1 Å². The molecule has 2 rings (SSSR count). The SMILES string of the molecule is CC(C)C[C@H](NC(=O)[C@H]1CCCO1)C(=O)N[C@H](C#N)C[C@@H]1CCCNC1=O. The Hall–Kier alpha value is -2.14. The van der Waals surface area contributed by atoms with E-state index in [2.05, 4.69) is 22.0 Å². The van der Waals surface area contributed by atoms with Crippen LogP contribution in [0.4, 0.5) is 0 Å². The van der Waals surface area contributed by atoms with E-state index in [1.807, 2.05) is 13.8 Å². The van der Waals surface area contributed by atoms with Gasteiger partial charge < -0.3 is 20.7 Å². The van der Waals surface area contributed by atoms with Gasteiger partial charge in [-0.25, -0.2) is 0 Å². The van der Waals surface area contributed by atoms with E-state index in [4.69, 9.17) is 4.74 Å². The number of hydrogen-bond acceptors (Lipinski definition) is 5. The molecule has 150 valence electrons. The highest BCUT2D eigenvalue weighted by atomic mass is 16.5. The molecule has 2 saturated heterocycles. The van der Waals surface area contributed by atoms with Gasteiger partial charge in [-0.15, -0.1) is 0 Å². The lowest BCUT2D eigenvalue weighted by molar-refractivity contribution is -0.135. The molecule has 3 N–H and O–H groups in total. The highest BCUT2D eigenvalue weighted by Gasteiger charge is 2.31. The maximum absolute atomic E-state index is 12.7. The maximum Gasteiger partial charge on any atom is 0.249 e. The monoisotopic (exact) mass is 378 g/mol. The first-order valence-corrected chi connectivity index (χ1v) is 9.80. The van der Waals surface area contributed by atoms with E-state index in [0.29, 0.717) is 32.4 Å². The van der Waals surface area contributed by atoms with Crippen molar-refractivity contribution in [2.24, 2.45) is 11.8 Å². The maximum atomic E-state index is 12.7. The molecule has 0 spiro atoms. The van der Waals surface area contributed by atoms with Gasteiger partial charge in [-0.05, 0) is 44.4 Å². The molecule has 2 aliphatic rings. The van der Waals surface area contributed by atoms with Crippen LogP contribution in [0, 0.1) is 23.2 Å². The van der Waals surface area contributed by atoms with E-state index in [-0.39, 0.29) is 30.1 Å². The van der Waals surface area contributed by atoms with E-state index in [0.717, 1.165) is 12.8 Å². The lowest BCUT2D eigenvalue weighted by Gasteiger charge is -2.26. The molecule has 8 nitrogen and oxygen atoms in total. The molecule has 3 amide bonds. The quantitative estimate of drug-likeness (QED) is 0.572. The molecule has 0 bridgehead atoms. The molecule has 4 atom stereocenters. The molecular weight excluding hydrogens is 348 g/mol. The van der Waals surface area contributed by atoms with Crippen molar-refractivity contribution in [3.05, 3.63) is 0 Å². The molecule has 2 fully saturated rings. The number of nitriles is 1. The van der Waals surface area contributed by atoms with Crippen LogP contribution in [0.3, 0.4) is 0 Å². The number of hydrogen-bond donors (Lipinski definition) is 3. The van der Waals surface area contributed by atoms with Gasteiger partial charge in [0.2, 0.25) is 17.7 Å². The average Bonchev–Trinajstić information content (AvgIpc) is 3.16. The Balaban J connectivity index is 1.94. The summed E-state index contributed by atoms with van der Waals surface area (Å²) in [6.07, 6.45) is 3.30. The summed E-state index contributed by atoms with van der Waals surface area (Å²) in [6, 6.07) is 0.580. The summed E-state index contributed by atoms with van der Waals surface area (Å²) in [5.74, 6) is -0.823. The van der Waals surface area contributed by atoms with E-state index >= 15 is 0 Å². The van der Waals surface area contributed by atoms with Gasteiger partial charge in [0.15, 0.2) is 0 Å². The first-order valence-electron chi connectivity index (χ1n) is 9.80. The van der Waals surface area contributed by atoms with E-state index < -0.39 is 24.1 Å². The Bertz CT molecular complexity index is 581. The number of carbonyl (C=O) groups excluding carboxylic acids is 3. The van der Waals surface area contributed by atoms with Gasteiger partial charge in [0.25, 0.3) is 0 Å². The van der Waals surface area contributed by atoms with Gasteiger partial charge in [0.1, 0.15) is 18.2 Å². The fourth-order valence-corrected chi connectivity index (χ4v) is 3.51. The highest BCUT2D eigenvalue weighted by Crippen LogP contribution is 2.18. The zero-order valence-corrected chi connectivity index (χ0v) is 16.1. The van der Waals surface area contributed by atoms with Crippen molar-refractivity contribution >= 4 is 17.7 Å². The third-order valence-electron chi connectivity index (χ3n) is 4.95. The van der Waals surface area contributed by atoms with Gasteiger partial charge >= 0.3 is 0 Å². The van der Waals surface area contributed by atoms with Crippen molar-refractivity contribution in [1.82, 2.24) is 16.0 Å². The van der Waals surface area contributed by atoms with Crippen molar-refractivity contribution in [1.29, 1.82) is 5.26 Å². The summed E-state index contributed by atoms with van der Waals surface area (Å²) in [6.45, 7) is 5.14. The largest absolute Gasteiger partial charge is 0.368 e. The third-order valence-corrected chi connectivity index (χ3v) is 4.95. The fraction of sp³-hybridized carbons (Fsp3) is 0.789. The van der Waals surface area contributed by atoms with Gasteiger partial charge in [-0.1, -0.05) is 13.8 Å². The zero-order valence-electron chi connectivity index (χ0n) is 16.1. The summed E-state index contributed by atoms with van der Waals surface area (Å²) in [5.41, 5.74) is 0. The van der Waals surface area contributed by atoms with Crippen LogP contribution in [0.25, 0.3) is 0 Å². The molecule has 8 heteroatoms. The molecule has 2 aliphatic heterocycles. The van der Waals surface area contributed by atoms with Crippen molar-refractivity contribution in [2.45, 2.75) is 70.6 Å². The Morgan fingerprint density at radius 1 is 1.30 bits per heavy atom. The van der Waals surface area contributed by atoms with Crippen LogP contribution < -0.4 is 16.0 Å². The number of rotatable bonds is 8. The second-order valence-corrected chi connectivity index (χ2v) is 7.75. The minimum absolute atomic E-state index is 0.0684. The summed E-state index contributed by atoms with van der Waals surface area (Å²) in [4.78, 5) is 36.9. The summed E-state index contributed by atoms with van der Waals surface area (Å²) in [5, 5.41) is 17.7. The predicted molar refractivity (Wildman–Crippen MR) is 98.3 cm³/mol. The zero-order chi connectivity index (χ0) is 19.8. The normalized spacial score (nSPS) is 24.6. The molecule has 0 aromatic carbocycles. The summed E-state index contributed by atoms with van der Waals surface area (Å²) in [7, 11) is 0. The predicted octanol–water partition coefficient (Wildman–Crippen LogP) is 0.621. The molecular formula is C19H30N4O4. The molecule has 0 aliphatic carbocycles. The number of amides is 3. The van der Waals surface area contributed by atoms with Crippen LogP contribution in [-0.4, -0.2) is 49.1 Å². The van der Waals surface area contributed by atoms with Crippen molar-refractivity contribution in [3.63, 3.8) is 0 Å². The first kappa shape index (κ1) is 21.2. The van der Waals surface area contributed by atoms with Gasteiger partial charge in [-0.3, -0.25) is 14.4 Å². The fourth-order valence-electron chi connectivity index (χ4n) is 3.51. The lowest BCUT2D eigenvalue weighted by atomic mass is 9.91. The van der Waals surface area contributed by atoms with Crippen molar-refractivity contribution in [3.8, 4) is 6.07 Å². The van der Waals surface area contributed by atoms with Crippen LogP contribution in [0.15, 0.2) is 0 Å². The number of nitrogens with one attached hydrogen (secondary N) is 3. The molecule has 0 unspecified atom stereocenters. The number of carbonyl (C=O) groups is 3. The summed E-state index contributed by atoms with van der Waals surface area (Å²) < 4.78 is 5.37. The van der Waals surface area contributed by atoms with E-state index in [1.165, 1.54) is 0 Å². The third kappa shape index (κ3) is 6.51. The molecule has 0 aromatic rings. The lowest BCUT2D eigenvalue weighted by Crippen LogP contribution is -2.52.